The third-order valence-corrected chi connectivity index (χ3v) is 3.33. The topological polar surface area (TPSA) is 56.7 Å². The molecule has 21 heavy (non-hydrogen) atoms. The number of carbonyl (C=O) groups excluding carboxylic acids is 1. The molecule has 0 atom stereocenters. The normalized spacial score (nSPS) is 14.7. The van der Waals surface area contributed by atoms with Crippen LogP contribution in [0.5, 0.6) is 0 Å². The molecule has 1 saturated carbocycles. The summed E-state index contributed by atoms with van der Waals surface area (Å²) >= 11 is 0. The monoisotopic (exact) mass is 288 g/mol. The van der Waals surface area contributed by atoms with Gasteiger partial charge in [-0.15, -0.1) is 0 Å². The van der Waals surface area contributed by atoms with Gasteiger partial charge in [0.1, 0.15) is 0 Å². The van der Waals surface area contributed by atoms with E-state index in [1.165, 1.54) is 5.56 Å². The van der Waals surface area contributed by atoms with Crippen molar-refractivity contribution in [2.45, 2.75) is 19.4 Å². The molecule has 0 aromatic heterocycles. The van der Waals surface area contributed by atoms with Crippen molar-refractivity contribution in [1.82, 2.24) is 15.5 Å². The highest BCUT2D eigenvalue weighted by Crippen LogP contribution is 2.28. The van der Waals surface area contributed by atoms with E-state index in [0.717, 1.165) is 18.8 Å². The summed E-state index contributed by atoms with van der Waals surface area (Å²) in [6.45, 7) is 1.97. The Morgan fingerprint density at radius 3 is 2.48 bits per heavy atom. The number of nitrogens with zero attached hydrogens (tertiary/aromatic N) is 2. The van der Waals surface area contributed by atoms with Crippen LogP contribution in [0.1, 0.15) is 18.4 Å². The fraction of sp³-hybridized carbons (Fsp3) is 0.500. The van der Waals surface area contributed by atoms with Gasteiger partial charge in [-0.05, 0) is 18.4 Å². The van der Waals surface area contributed by atoms with Gasteiger partial charge in [-0.25, -0.2) is 4.99 Å². The average Bonchev–Trinajstić information content (AvgIpc) is 3.31. The quantitative estimate of drug-likeness (QED) is 0.470. The van der Waals surface area contributed by atoms with Gasteiger partial charge in [0.05, 0.1) is 6.54 Å². The van der Waals surface area contributed by atoms with Gasteiger partial charge in [-0.3, -0.25) is 4.79 Å². The van der Waals surface area contributed by atoms with E-state index in [4.69, 9.17) is 0 Å². The standard InChI is InChI=1S/C16H24N4O/c1-20(2)16(19-12-13-6-4-3-5-7-13)18-11-10-17-15(21)14-8-9-14/h3-7,14H,8-12H2,1-2H3,(H,17,21)(H,18,19). The molecule has 0 unspecified atom stereocenters. The van der Waals surface area contributed by atoms with Crippen molar-refractivity contribution in [3.8, 4) is 0 Å². The van der Waals surface area contributed by atoms with Crippen LogP contribution < -0.4 is 10.6 Å². The maximum atomic E-state index is 11.5. The van der Waals surface area contributed by atoms with Crippen LogP contribution in [0.15, 0.2) is 35.3 Å². The number of hydrogen-bond donors (Lipinski definition) is 2. The molecular weight excluding hydrogens is 264 g/mol. The number of rotatable bonds is 6. The minimum Gasteiger partial charge on any atom is -0.354 e. The summed E-state index contributed by atoms with van der Waals surface area (Å²) in [5, 5.41) is 6.20. The molecular formula is C16H24N4O. The van der Waals surface area contributed by atoms with Gasteiger partial charge in [-0.2, -0.15) is 0 Å². The molecule has 0 saturated heterocycles. The minimum atomic E-state index is 0.185. The van der Waals surface area contributed by atoms with E-state index < -0.39 is 0 Å². The summed E-state index contributed by atoms with van der Waals surface area (Å²) in [6.07, 6.45) is 2.08. The summed E-state index contributed by atoms with van der Waals surface area (Å²) in [7, 11) is 3.92. The summed E-state index contributed by atoms with van der Waals surface area (Å²) in [6, 6.07) is 10.2. The number of nitrogens with one attached hydrogen (secondary N) is 2. The van der Waals surface area contributed by atoms with Crippen molar-refractivity contribution in [3.05, 3.63) is 35.9 Å². The highest BCUT2D eigenvalue weighted by Gasteiger charge is 2.28. The summed E-state index contributed by atoms with van der Waals surface area (Å²) in [5.74, 6) is 1.29. The Balaban J connectivity index is 1.74. The molecule has 5 nitrogen and oxygen atoms in total. The number of benzene rings is 1. The summed E-state index contributed by atoms with van der Waals surface area (Å²) < 4.78 is 0. The third kappa shape index (κ3) is 5.45. The van der Waals surface area contributed by atoms with E-state index in [2.05, 4.69) is 27.8 Å². The molecule has 1 amide bonds. The highest BCUT2D eigenvalue weighted by atomic mass is 16.2. The first-order chi connectivity index (χ1) is 10.2. The number of aliphatic imine (C=N–C) groups is 1. The van der Waals surface area contributed by atoms with Gasteiger partial charge < -0.3 is 15.5 Å². The van der Waals surface area contributed by atoms with E-state index in [9.17, 15) is 4.79 Å². The molecule has 0 heterocycles. The van der Waals surface area contributed by atoms with Crippen molar-refractivity contribution in [3.63, 3.8) is 0 Å². The van der Waals surface area contributed by atoms with Crippen molar-refractivity contribution in [1.29, 1.82) is 0 Å². The molecule has 0 spiro atoms. The molecule has 1 aliphatic carbocycles. The molecule has 0 bridgehead atoms. The van der Waals surface area contributed by atoms with E-state index in [0.29, 0.717) is 19.6 Å². The third-order valence-electron chi connectivity index (χ3n) is 3.33. The number of hydrogen-bond acceptors (Lipinski definition) is 2. The maximum absolute atomic E-state index is 11.5. The second kappa shape index (κ2) is 7.67. The van der Waals surface area contributed by atoms with Crippen molar-refractivity contribution in [2.75, 3.05) is 27.2 Å². The van der Waals surface area contributed by atoms with Crippen LogP contribution in [-0.4, -0.2) is 44.0 Å². The Hall–Kier alpha value is -2.04. The van der Waals surface area contributed by atoms with Crippen LogP contribution in [0.25, 0.3) is 0 Å². The van der Waals surface area contributed by atoms with Crippen LogP contribution >= 0.6 is 0 Å². The van der Waals surface area contributed by atoms with Gasteiger partial charge in [-0.1, -0.05) is 30.3 Å². The molecule has 1 fully saturated rings. The Labute approximate surface area is 126 Å². The molecule has 1 aliphatic rings. The van der Waals surface area contributed by atoms with E-state index in [1.54, 1.807) is 0 Å². The van der Waals surface area contributed by atoms with Crippen LogP contribution in [0, 0.1) is 5.92 Å². The molecule has 1 aromatic rings. The zero-order chi connectivity index (χ0) is 15.1. The highest BCUT2D eigenvalue weighted by molar-refractivity contribution is 5.81. The Morgan fingerprint density at radius 2 is 1.86 bits per heavy atom. The zero-order valence-corrected chi connectivity index (χ0v) is 12.8. The molecule has 2 rings (SSSR count). The summed E-state index contributed by atoms with van der Waals surface area (Å²) in [4.78, 5) is 18.0. The number of guanidine groups is 1. The SMILES string of the molecule is CN(C)C(=NCc1ccccc1)NCCNC(=O)C1CC1. The average molecular weight is 288 g/mol. The van der Waals surface area contributed by atoms with E-state index in [1.807, 2.05) is 37.2 Å². The van der Waals surface area contributed by atoms with Crippen LogP contribution in [0.2, 0.25) is 0 Å². The predicted octanol–water partition coefficient (Wildman–Crippen LogP) is 1.22. The molecule has 0 radical (unpaired) electrons. The maximum Gasteiger partial charge on any atom is 0.223 e. The lowest BCUT2D eigenvalue weighted by Gasteiger charge is -2.18. The Kier molecular flexibility index (Phi) is 5.60. The van der Waals surface area contributed by atoms with Gasteiger partial charge in [0.25, 0.3) is 0 Å². The van der Waals surface area contributed by atoms with Gasteiger partial charge in [0.15, 0.2) is 5.96 Å². The van der Waals surface area contributed by atoms with E-state index in [-0.39, 0.29) is 11.8 Å². The van der Waals surface area contributed by atoms with Gasteiger partial charge in [0, 0.05) is 33.1 Å². The lowest BCUT2D eigenvalue weighted by molar-refractivity contribution is -0.122. The first kappa shape index (κ1) is 15.4. The van der Waals surface area contributed by atoms with Crippen molar-refractivity contribution >= 4 is 11.9 Å². The number of amides is 1. The summed E-state index contributed by atoms with van der Waals surface area (Å²) in [5.41, 5.74) is 1.18. The second-order valence-electron chi connectivity index (χ2n) is 5.51. The molecule has 0 aliphatic heterocycles. The van der Waals surface area contributed by atoms with Crippen molar-refractivity contribution in [2.24, 2.45) is 10.9 Å². The predicted molar refractivity (Wildman–Crippen MR) is 85.0 cm³/mol. The van der Waals surface area contributed by atoms with E-state index >= 15 is 0 Å². The fourth-order valence-corrected chi connectivity index (χ4v) is 1.95. The minimum absolute atomic E-state index is 0.185. The molecule has 1 aromatic carbocycles. The Morgan fingerprint density at radius 1 is 1.19 bits per heavy atom. The van der Waals surface area contributed by atoms with Crippen LogP contribution in [0.4, 0.5) is 0 Å². The smallest absolute Gasteiger partial charge is 0.223 e. The van der Waals surface area contributed by atoms with Crippen molar-refractivity contribution < 1.29 is 4.79 Å². The Bertz CT molecular complexity index is 480. The molecule has 114 valence electrons. The second-order valence-corrected chi connectivity index (χ2v) is 5.51. The fourth-order valence-electron chi connectivity index (χ4n) is 1.95. The molecule has 5 heteroatoms. The largest absolute Gasteiger partial charge is 0.354 e. The molecule has 2 N–H and O–H groups in total. The van der Waals surface area contributed by atoms with Crippen LogP contribution in [-0.2, 0) is 11.3 Å². The first-order valence-corrected chi connectivity index (χ1v) is 7.44. The first-order valence-electron chi connectivity index (χ1n) is 7.44. The van der Waals surface area contributed by atoms with Gasteiger partial charge in [0.2, 0.25) is 5.91 Å². The lowest BCUT2D eigenvalue weighted by Crippen LogP contribution is -2.41. The van der Waals surface area contributed by atoms with Crippen LogP contribution in [0.3, 0.4) is 0 Å². The number of carbonyl (C=O) groups is 1. The van der Waals surface area contributed by atoms with Gasteiger partial charge >= 0.3 is 0 Å². The zero-order valence-electron chi connectivity index (χ0n) is 12.8. The lowest BCUT2D eigenvalue weighted by atomic mass is 10.2.